The average Bonchev–Trinajstić information content (AvgIpc) is 2.30. The number of aryl methyl sites for hydroxylation is 1. The highest BCUT2D eigenvalue weighted by molar-refractivity contribution is 6.30. The van der Waals surface area contributed by atoms with Crippen LogP contribution in [0, 0.1) is 0 Å². The number of hydrogen-bond donors (Lipinski definition) is 1. The van der Waals surface area contributed by atoms with Gasteiger partial charge in [-0.3, -0.25) is 0 Å². The standard InChI is InChI=1S/C14H22ClNO/c1-3-5-13(16)7-4-6-11-10-12(15)8-9-14(11)17-2/h8-10,13H,3-7,16H2,1-2H3. The SMILES string of the molecule is CCCC(N)CCCc1cc(Cl)ccc1OC. The van der Waals surface area contributed by atoms with Crippen molar-refractivity contribution in [1.29, 1.82) is 0 Å². The summed E-state index contributed by atoms with van der Waals surface area (Å²) in [5.74, 6) is 0.915. The lowest BCUT2D eigenvalue weighted by atomic mass is 10.0. The van der Waals surface area contributed by atoms with Gasteiger partial charge < -0.3 is 10.5 Å². The summed E-state index contributed by atoms with van der Waals surface area (Å²) in [6.07, 6.45) is 5.37. The average molecular weight is 256 g/mol. The van der Waals surface area contributed by atoms with E-state index < -0.39 is 0 Å². The lowest BCUT2D eigenvalue weighted by Gasteiger charge is -2.12. The molecule has 1 aromatic carbocycles. The van der Waals surface area contributed by atoms with Gasteiger partial charge in [-0.2, -0.15) is 0 Å². The van der Waals surface area contributed by atoms with Gasteiger partial charge in [-0.25, -0.2) is 0 Å². The third-order valence-corrected chi connectivity index (χ3v) is 3.16. The van der Waals surface area contributed by atoms with Crippen LogP contribution in [0.1, 0.15) is 38.2 Å². The predicted octanol–water partition coefficient (Wildman–Crippen LogP) is 3.80. The van der Waals surface area contributed by atoms with E-state index in [1.165, 1.54) is 5.56 Å². The van der Waals surface area contributed by atoms with E-state index in [-0.39, 0.29) is 0 Å². The number of hydrogen-bond acceptors (Lipinski definition) is 2. The van der Waals surface area contributed by atoms with Gasteiger partial charge in [0.2, 0.25) is 0 Å². The Bertz CT molecular complexity index is 341. The maximum Gasteiger partial charge on any atom is 0.122 e. The van der Waals surface area contributed by atoms with E-state index in [1.54, 1.807) is 7.11 Å². The monoisotopic (exact) mass is 255 g/mol. The molecule has 0 aliphatic heterocycles. The van der Waals surface area contributed by atoms with Crippen LogP contribution in [0.25, 0.3) is 0 Å². The van der Waals surface area contributed by atoms with E-state index in [0.29, 0.717) is 6.04 Å². The first kappa shape index (κ1) is 14.3. The van der Waals surface area contributed by atoms with Crippen LogP contribution in [0.4, 0.5) is 0 Å². The van der Waals surface area contributed by atoms with Crippen LogP contribution in [-0.2, 0) is 6.42 Å². The molecule has 3 heteroatoms. The third kappa shape index (κ3) is 4.97. The van der Waals surface area contributed by atoms with Crippen molar-refractivity contribution in [3.8, 4) is 5.75 Å². The van der Waals surface area contributed by atoms with Gasteiger partial charge in [-0.05, 0) is 49.4 Å². The minimum Gasteiger partial charge on any atom is -0.496 e. The molecule has 0 aliphatic rings. The van der Waals surface area contributed by atoms with Gasteiger partial charge in [0.25, 0.3) is 0 Å². The molecule has 0 aliphatic carbocycles. The van der Waals surface area contributed by atoms with Gasteiger partial charge >= 0.3 is 0 Å². The fourth-order valence-electron chi connectivity index (χ4n) is 2.01. The number of nitrogens with two attached hydrogens (primary N) is 1. The van der Waals surface area contributed by atoms with Gasteiger partial charge in [-0.15, -0.1) is 0 Å². The molecule has 1 unspecified atom stereocenters. The van der Waals surface area contributed by atoms with Crippen molar-refractivity contribution >= 4 is 11.6 Å². The highest BCUT2D eigenvalue weighted by Gasteiger charge is 2.06. The summed E-state index contributed by atoms with van der Waals surface area (Å²) in [6, 6.07) is 6.08. The first-order valence-electron chi connectivity index (χ1n) is 6.25. The van der Waals surface area contributed by atoms with Crippen molar-refractivity contribution in [2.45, 2.75) is 45.1 Å². The van der Waals surface area contributed by atoms with Gasteiger partial charge in [0.1, 0.15) is 5.75 Å². The van der Waals surface area contributed by atoms with Crippen molar-refractivity contribution in [2.24, 2.45) is 5.73 Å². The molecule has 0 saturated carbocycles. The number of methoxy groups -OCH3 is 1. The van der Waals surface area contributed by atoms with Crippen molar-refractivity contribution in [2.75, 3.05) is 7.11 Å². The molecule has 2 N–H and O–H groups in total. The van der Waals surface area contributed by atoms with E-state index in [9.17, 15) is 0 Å². The first-order valence-corrected chi connectivity index (χ1v) is 6.63. The van der Waals surface area contributed by atoms with Crippen LogP contribution in [0.2, 0.25) is 5.02 Å². The quantitative estimate of drug-likeness (QED) is 0.804. The van der Waals surface area contributed by atoms with E-state index >= 15 is 0 Å². The fraction of sp³-hybridized carbons (Fsp3) is 0.571. The van der Waals surface area contributed by atoms with Crippen LogP contribution in [0.15, 0.2) is 18.2 Å². The fourth-order valence-corrected chi connectivity index (χ4v) is 2.21. The highest BCUT2D eigenvalue weighted by atomic mass is 35.5. The van der Waals surface area contributed by atoms with Crippen molar-refractivity contribution in [3.05, 3.63) is 28.8 Å². The summed E-state index contributed by atoms with van der Waals surface area (Å²) < 4.78 is 5.32. The minimum absolute atomic E-state index is 0.324. The molecule has 0 bridgehead atoms. The molecule has 1 atom stereocenters. The Morgan fingerprint density at radius 1 is 1.35 bits per heavy atom. The summed E-state index contributed by atoms with van der Waals surface area (Å²) in [6.45, 7) is 2.17. The third-order valence-electron chi connectivity index (χ3n) is 2.92. The topological polar surface area (TPSA) is 35.2 Å². The Balaban J connectivity index is 2.48. The molecule has 0 spiro atoms. The first-order chi connectivity index (χ1) is 8.17. The molecule has 17 heavy (non-hydrogen) atoms. The lowest BCUT2D eigenvalue weighted by Crippen LogP contribution is -2.19. The molecule has 0 amide bonds. The van der Waals surface area contributed by atoms with Crippen LogP contribution in [0.5, 0.6) is 5.75 Å². The second-order valence-corrected chi connectivity index (χ2v) is 4.83. The zero-order chi connectivity index (χ0) is 12.7. The highest BCUT2D eigenvalue weighted by Crippen LogP contribution is 2.24. The molecule has 2 nitrogen and oxygen atoms in total. The van der Waals surface area contributed by atoms with Crippen LogP contribution in [-0.4, -0.2) is 13.2 Å². The van der Waals surface area contributed by atoms with Crippen molar-refractivity contribution in [3.63, 3.8) is 0 Å². The zero-order valence-corrected chi connectivity index (χ0v) is 11.5. The molecule has 1 rings (SSSR count). The smallest absolute Gasteiger partial charge is 0.122 e. The molecule has 96 valence electrons. The van der Waals surface area contributed by atoms with Crippen LogP contribution < -0.4 is 10.5 Å². The van der Waals surface area contributed by atoms with Crippen LogP contribution >= 0.6 is 11.6 Å². The van der Waals surface area contributed by atoms with Gasteiger partial charge in [0.15, 0.2) is 0 Å². The van der Waals surface area contributed by atoms with Crippen molar-refractivity contribution in [1.82, 2.24) is 0 Å². The number of benzene rings is 1. The molecule has 0 radical (unpaired) electrons. The van der Waals surface area contributed by atoms with E-state index in [0.717, 1.165) is 42.9 Å². The summed E-state index contributed by atoms with van der Waals surface area (Å²) in [7, 11) is 1.69. The minimum atomic E-state index is 0.324. The maximum atomic E-state index is 5.99. The molecular weight excluding hydrogens is 234 g/mol. The normalized spacial score (nSPS) is 12.5. The summed E-state index contributed by atoms with van der Waals surface area (Å²) >= 11 is 5.98. The number of halogens is 1. The number of rotatable bonds is 7. The Morgan fingerprint density at radius 2 is 2.12 bits per heavy atom. The molecule has 0 fully saturated rings. The largest absolute Gasteiger partial charge is 0.496 e. The molecule has 0 saturated heterocycles. The molecule has 1 aromatic rings. The predicted molar refractivity (Wildman–Crippen MR) is 73.8 cm³/mol. The summed E-state index contributed by atoms with van der Waals surface area (Å²) in [5, 5.41) is 0.763. The zero-order valence-electron chi connectivity index (χ0n) is 10.7. The Kier molecular flexibility index (Phi) is 6.38. The van der Waals surface area contributed by atoms with E-state index in [2.05, 4.69) is 6.92 Å². The summed E-state index contributed by atoms with van der Waals surface area (Å²) in [4.78, 5) is 0. The van der Waals surface area contributed by atoms with E-state index in [1.807, 2.05) is 18.2 Å². The molecule has 0 heterocycles. The second kappa shape index (κ2) is 7.57. The van der Waals surface area contributed by atoms with Gasteiger partial charge in [0, 0.05) is 11.1 Å². The second-order valence-electron chi connectivity index (χ2n) is 4.40. The molecule has 0 aromatic heterocycles. The van der Waals surface area contributed by atoms with Crippen LogP contribution in [0.3, 0.4) is 0 Å². The van der Waals surface area contributed by atoms with Gasteiger partial charge in [-0.1, -0.05) is 24.9 Å². The Morgan fingerprint density at radius 3 is 2.76 bits per heavy atom. The summed E-state index contributed by atoms with van der Waals surface area (Å²) in [5.41, 5.74) is 7.16. The molecular formula is C14H22ClNO. The maximum absolute atomic E-state index is 5.99. The van der Waals surface area contributed by atoms with E-state index in [4.69, 9.17) is 22.1 Å². The Hall–Kier alpha value is -0.730. The van der Waals surface area contributed by atoms with Gasteiger partial charge in [0.05, 0.1) is 7.11 Å². The lowest BCUT2D eigenvalue weighted by molar-refractivity contribution is 0.408. The Labute approximate surface area is 109 Å². The van der Waals surface area contributed by atoms with Crippen molar-refractivity contribution < 1.29 is 4.74 Å². The number of ether oxygens (including phenoxy) is 1.